The maximum Gasteiger partial charge on any atom is 0.289 e. The molecule has 0 saturated carbocycles. The van der Waals surface area contributed by atoms with Gasteiger partial charge in [0.05, 0.1) is 18.7 Å². The normalized spacial score (nSPS) is 14.4. The summed E-state index contributed by atoms with van der Waals surface area (Å²) in [4.78, 5) is 2.73. The topological polar surface area (TPSA) is 12.0 Å². The van der Waals surface area contributed by atoms with Crippen molar-refractivity contribution in [2.24, 2.45) is 0 Å². The monoisotopic (exact) mass is 751 g/mol. The van der Waals surface area contributed by atoms with Gasteiger partial charge in [0, 0.05) is 13.8 Å². The van der Waals surface area contributed by atoms with Crippen LogP contribution in [0.2, 0.25) is 0 Å². The van der Waals surface area contributed by atoms with Crippen molar-refractivity contribution in [2.75, 3.05) is 19.6 Å². The highest BCUT2D eigenvalue weighted by Gasteiger charge is 2.32. The fourth-order valence-electron chi connectivity index (χ4n) is 9.41. The number of aryl methyl sites for hydroxylation is 4. The molecule has 0 bridgehead atoms. The maximum atomic E-state index is 2.73. The zero-order valence-electron chi connectivity index (χ0n) is 36.4. The smallest absolute Gasteiger partial charge is 0.289 e. The van der Waals surface area contributed by atoms with Crippen LogP contribution >= 0.6 is 0 Å². The molecule has 0 unspecified atom stereocenters. The van der Waals surface area contributed by atoms with Gasteiger partial charge in [0.1, 0.15) is 11.4 Å². The number of hydrogen-bond donors (Lipinski definition) is 0. The van der Waals surface area contributed by atoms with Crippen LogP contribution < -0.4 is 4.57 Å². The lowest BCUT2D eigenvalue weighted by atomic mass is 9.74. The fraction of sp³-hybridized carbons (Fsp3) is 0.491. The van der Waals surface area contributed by atoms with Crippen LogP contribution in [-0.4, -0.2) is 29.1 Å². The van der Waals surface area contributed by atoms with E-state index in [1.807, 2.05) is 0 Å². The molecule has 1 saturated heterocycles. The Morgan fingerprint density at radius 3 is 1.57 bits per heavy atom. The summed E-state index contributed by atoms with van der Waals surface area (Å²) in [5, 5.41) is 0. The molecule has 2 heterocycles. The van der Waals surface area contributed by atoms with Crippen LogP contribution in [0.15, 0.2) is 84.9 Å². The molecular weight excluding hydrogens is 679 g/mol. The van der Waals surface area contributed by atoms with Crippen molar-refractivity contribution in [2.45, 2.75) is 151 Å². The molecule has 1 aliphatic heterocycles. The number of hydrogen-bond acceptors (Lipinski definition) is 1. The first-order valence-corrected chi connectivity index (χ1v) is 22.3. The van der Waals surface area contributed by atoms with Crippen molar-refractivity contribution in [3.63, 3.8) is 0 Å². The van der Waals surface area contributed by atoms with Gasteiger partial charge in [-0.05, 0) is 130 Å². The van der Waals surface area contributed by atoms with E-state index in [1.165, 1.54) is 170 Å². The second kappa shape index (κ2) is 19.5. The van der Waals surface area contributed by atoms with Crippen molar-refractivity contribution in [1.29, 1.82) is 0 Å². The predicted molar refractivity (Wildman–Crippen MR) is 241 cm³/mol. The second-order valence-corrected chi connectivity index (χ2v) is 17.7. The van der Waals surface area contributed by atoms with Crippen LogP contribution in [0.3, 0.4) is 0 Å². The molecule has 0 N–H and O–H groups in total. The first kappa shape index (κ1) is 41.7. The van der Waals surface area contributed by atoms with Crippen molar-refractivity contribution < 1.29 is 4.57 Å². The Labute approximate surface area is 341 Å². The average Bonchev–Trinajstić information content (AvgIpc) is 3.42. The van der Waals surface area contributed by atoms with Gasteiger partial charge in [-0.25, -0.2) is 9.13 Å². The number of benzene rings is 4. The third-order valence-electron chi connectivity index (χ3n) is 13.2. The van der Waals surface area contributed by atoms with Crippen LogP contribution in [-0.2, 0) is 18.5 Å². The minimum Gasteiger partial charge on any atom is -0.303 e. The van der Waals surface area contributed by atoms with E-state index in [9.17, 15) is 0 Å². The highest BCUT2D eigenvalue weighted by molar-refractivity contribution is 5.71. The molecule has 4 aromatic carbocycles. The van der Waals surface area contributed by atoms with Crippen LogP contribution in [0.25, 0.3) is 33.6 Å². The molecule has 1 aliphatic rings. The Hall–Kier alpha value is -3.95. The third kappa shape index (κ3) is 10.1. The molecule has 0 amide bonds. The van der Waals surface area contributed by atoms with Crippen molar-refractivity contribution in [3.8, 4) is 33.6 Å². The Bertz CT molecular complexity index is 1960. The van der Waals surface area contributed by atoms with Crippen LogP contribution in [0.1, 0.15) is 130 Å². The van der Waals surface area contributed by atoms with Gasteiger partial charge >= 0.3 is 0 Å². The third-order valence-corrected chi connectivity index (χ3v) is 13.2. The fourth-order valence-corrected chi connectivity index (χ4v) is 9.41. The SMILES string of the molecule is CCCCn1c(C)c(C)[n+](CCCCCCCCCCN2CCC(C)(c3ccc(-c4ccc(-c5ccc(C)cc5)cc4)cc3)CC2)c1-c1c(C)cc(C)cc1C. The van der Waals surface area contributed by atoms with Gasteiger partial charge in [-0.2, -0.15) is 0 Å². The van der Waals surface area contributed by atoms with E-state index in [-0.39, 0.29) is 5.41 Å². The summed E-state index contributed by atoms with van der Waals surface area (Å²) in [6, 6.07) is 32.1. The predicted octanol–water partition coefficient (Wildman–Crippen LogP) is 13.6. The highest BCUT2D eigenvalue weighted by atomic mass is 15.2. The molecule has 1 fully saturated rings. The highest BCUT2D eigenvalue weighted by Crippen LogP contribution is 2.37. The van der Waals surface area contributed by atoms with E-state index in [0.717, 1.165) is 13.1 Å². The molecule has 0 atom stereocenters. The van der Waals surface area contributed by atoms with E-state index in [4.69, 9.17) is 0 Å². The quantitative estimate of drug-likeness (QED) is 0.0641. The second-order valence-electron chi connectivity index (χ2n) is 17.7. The van der Waals surface area contributed by atoms with E-state index in [0.29, 0.717) is 0 Å². The largest absolute Gasteiger partial charge is 0.303 e. The average molecular weight is 751 g/mol. The number of piperidine rings is 1. The molecule has 0 aliphatic carbocycles. The molecule has 1 aromatic heterocycles. The molecule has 5 aromatic rings. The molecule has 3 heteroatoms. The number of nitrogens with zero attached hydrogens (tertiary/aromatic N) is 3. The summed E-state index contributed by atoms with van der Waals surface area (Å²) in [7, 11) is 0. The first-order valence-electron chi connectivity index (χ1n) is 22.3. The lowest BCUT2D eigenvalue weighted by molar-refractivity contribution is -0.691. The number of unbranched alkanes of at least 4 members (excludes halogenated alkanes) is 8. The maximum absolute atomic E-state index is 2.73. The zero-order chi connectivity index (χ0) is 39.7. The summed E-state index contributed by atoms with van der Waals surface area (Å²) >= 11 is 0. The van der Waals surface area contributed by atoms with E-state index >= 15 is 0 Å². The Balaban J connectivity index is 0.882. The number of likely N-dealkylation sites (tertiary alicyclic amines) is 1. The van der Waals surface area contributed by atoms with Gasteiger partial charge in [0.2, 0.25) is 0 Å². The van der Waals surface area contributed by atoms with Gasteiger partial charge in [-0.1, -0.05) is 148 Å². The molecule has 0 radical (unpaired) electrons. The molecule has 3 nitrogen and oxygen atoms in total. The van der Waals surface area contributed by atoms with Gasteiger partial charge in [-0.15, -0.1) is 0 Å². The zero-order valence-corrected chi connectivity index (χ0v) is 36.4. The number of rotatable bonds is 18. The van der Waals surface area contributed by atoms with Crippen molar-refractivity contribution >= 4 is 0 Å². The standard InChI is InChI=1S/C53H72N3/c1-9-10-34-55-44(6)45(7)56(52(55)51-42(4)38-41(3)39-43(51)5)35-18-16-14-12-11-13-15-17-33-54-36-31-53(8,32-37-54)50-29-27-49(28-30-50)48-25-23-47(24-26-48)46-21-19-40(2)20-22-46/h19-30,38-39H,9-18,31-37H2,1-8H3/q+1. The van der Waals surface area contributed by atoms with Crippen molar-refractivity contribution in [1.82, 2.24) is 9.47 Å². The van der Waals surface area contributed by atoms with Gasteiger partial charge in [0.15, 0.2) is 0 Å². The molecule has 56 heavy (non-hydrogen) atoms. The van der Waals surface area contributed by atoms with E-state index < -0.39 is 0 Å². The molecular formula is C53H72N3+. The van der Waals surface area contributed by atoms with E-state index in [2.05, 4.69) is 154 Å². The van der Waals surface area contributed by atoms with Crippen molar-refractivity contribution in [3.05, 3.63) is 124 Å². The first-order chi connectivity index (χ1) is 27.1. The molecule has 6 rings (SSSR count). The summed E-state index contributed by atoms with van der Waals surface area (Å²) in [5.41, 5.74) is 16.7. The van der Waals surface area contributed by atoms with Gasteiger partial charge in [-0.3, -0.25) is 0 Å². The lowest BCUT2D eigenvalue weighted by Crippen LogP contribution is -2.41. The molecule has 0 spiro atoms. The summed E-state index contributed by atoms with van der Waals surface area (Å²) in [6.45, 7) is 24.4. The van der Waals surface area contributed by atoms with Gasteiger partial charge < -0.3 is 4.90 Å². The Kier molecular flexibility index (Phi) is 14.5. The minimum atomic E-state index is 0.277. The summed E-state index contributed by atoms with van der Waals surface area (Å²) in [5.74, 6) is 1.44. The minimum absolute atomic E-state index is 0.277. The Morgan fingerprint density at radius 2 is 1.04 bits per heavy atom. The number of aromatic nitrogens is 2. The number of imidazole rings is 1. The summed E-state index contributed by atoms with van der Waals surface area (Å²) < 4.78 is 5.28. The van der Waals surface area contributed by atoms with Crippen LogP contribution in [0.4, 0.5) is 0 Å². The lowest BCUT2D eigenvalue weighted by Gasteiger charge is -2.40. The summed E-state index contributed by atoms with van der Waals surface area (Å²) in [6.07, 6.45) is 15.8. The Morgan fingerprint density at radius 1 is 0.554 bits per heavy atom. The van der Waals surface area contributed by atoms with Crippen LogP contribution in [0, 0.1) is 41.5 Å². The van der Waals surface area contributed by atoms with Crippen LogP contribution in [0.5, 0.6) is 0 Å². The molecule has 298 valence electrons. The van der Waals surface area contributed by atoms with E-state index in [1.54, 1.807) is 0 Å². The van der Waals surface area contributed by atoms with Gasteiger partial charge in [0.25, 0.3) is 5.82 Å².